The van der Waals surface area contributed by atoms with Crippen LogP contribution in [0.2, 0.25) is 0 Å². The lowest BCUT2D eigenvalue weighted by molar-refractivity contribution is 0.0123. The van der Waals surface area contributed by atoms with E-state index in [1.54, 1.807) is 12.1 Å². The van der Waals surface area contributed by atoms with E-state index in [9.17, 15) is 4.39 Å². The Morgan fingerprint density at radius 3 is 2.36 bits per heavy atom. The molecule has 3 heteroatoms. The molecule has 132 valence electrons. The third-order valence-electron chi connectivity index (χ3n) is 5.60. The molecule has 0 spiro atoms. The van der Waals surface area contributed by atoms with Gasteiger partial charge in [-0.3, -0.25) is 0 Å². The Labute approximate surface area is 149 Å². The summed E-state index contributed by atoms with van der Waals surface area (Å²) in [7, 11) is 0. The number of nitrogens with zero attached hydrogens (tertiary/aromatic N) is 1. The van der Waals surface area contributed by atoms with Crippen LogP contribution in [0.4, 0.5) is 10.1 Å². The van der Waals surface area contributed by atoms with Gasteiger partial charge in [-0.15, -0.1) is 0 Å². The zero-order valence-corrected chi connectivity index (χ0v) is 14.7. The Balaban J connectivity index is 1.53. The lowest BCUT2D eigenvalue weighted by Gasteiger charge is -2.33. The van der Waals surface area contributed by atoms with Crippen LogP contribution >= 0.6 is 0 Å². The van der Waals surface area contributed by atoms with Crippen LogP contribution in [0.25, 0.3) is 0 Å². The summed E-state index contributed by atoms with van der Waals surface area (Å²) in [5.74, 6) is -0.122. The zero-order valence-electron chi connectivity index (χ0n) is 14.7. The molecule has 1 aliphatic carbocycles. The second-order valence-electron chi connectivity index (χ2n) is 7.25. The number of benzene rings is 2. The lowest BCUT2D eigenvalue weighted by Crippen LogP contribution is -2.39. The highest BCUT2D eigenvalue weighted by Crippen LogP contribution is 2.31. The van der Waals surface area contributed by atoms with E-state index in [1.807, 2.05) is 12.1 Å². The van der Waals surface area contributed by atoms with Crippen LogP contribution in [0.5, 0.6) is 0 Å². The molecule has 2 aromatic rings. The Morgan fingerprint density at radius 1 is 0.960 bits per heavy atom. The normalized spacial score (nSPS) is 20.4. The van der Waals surface area contributed by atoms with Gasteiger partial charge < -0.3 is 9.64 Å². The van der Waals surface area contributed by atoms with Crippen molar-refractivity contribution in [3.05, 3.63) is 65.5 Å². The number of rotatable bonds is 5. The number of anilines is 1. The molecule has 0 radical (unpaired) electrons. The monoisotopic (exact) mass is 339 g/mol. The highest BCUT2D eigenvalue weighted by molar-refractivity contribution is 5.51. The maximum Gasteiger partial charge on any atom is 0.146 e. The predicted octanol–water partition coefficient (Wildman–Crippen LogP) is 4.76. The van der Waals surface area contributed by atoms with E-state index in [4.69, 9.17) is 4.74 Å². The molecule has 2 aromatic carbocycles. The van der Waals surface area contributed by atoms with E-state index in [2.05, 4.69) is 29.2 Å². The van der Waals surface area contributed by atoms with Crippen molar-refractivity contribution in [3.8, 4) is 0 Å². The molecule has 4 rings (SSSR count). The van der Waals surface area contributed by atoms with Crippen LogP contribution in [0.15, 0.2) is 48.5 Å². The number of ether oxygens (including phenoxy) is 1. The van der Waals surface area contributed by atoms with E-state index in [1.165, 1.54) is 24.0 Å². The first kappa shape index (κ1) is 16.6. The molecule has 1 unspecified atom stereocenters. The smallest absolute Gasteiger partial charge is 0.146 e. The summed E-state index contributed by atoms with van der Waals surface area (Å²) in [5.41, 5.74) is 3.54. The maximum atomic E-state index is 14.5. The molecular formula is C22H26FNO. The number of halogens is 1. The summed E-state index contributed by atoms with van der Waals surface area (Å²) < 4.78 is 20.4. The Morgan fingerprint density at radius 2 is 1.68 bits per heavy atom. The fraction of sp³-hybridized carbons (Fsp3) is 0.455. The van der Waals surface area contributed by atoms with E-state index in [-0.39, 0.29) is 5.82 Å². The van der Waals surface area contributed by atoms with E-state index < -0.39 is 0 Å². The van der Waals surface area contributed by atoms with Crippen LogP contribution in [-0.2, 0) is 17.6 Å². The van der Waals surface area contributed by atoms with Gasteiger partial charge in [-0.05, 0) is 61.8 Å². The highest BCUT2D eigenvalue weighted by Gasteiger charge is 2.29. The van der Waals surface area contributed by atoms with Crippen molar-refractivity contribution >= 4 is 5.69 Å². The molecule has 0 bridgehead atoms. The summed E-state index contributed by atoms with van der Waals surface area (Å²) in [6.07, 6.45) is 6.85. The standard InChI is InChI=1S/C22H26FNO/c23-21-10-3-4-11-22(21)24(13-12-20-9-5-6-14-25-20)19-15-17-7-1-2-8-18(17)16-19/h1-4,7-8,10-11,19-20H,5-6,9,12-16H2. The van der Waals surface area contributed by atoms with Gasteiger partial charge in [0.25, 0.3) is 0 Å². The predicted molar refractivity (Wildman–Crippen MR) is 99.6 cm³/mol. The molecule has 1 atom stereocenters. The molecule has 0 aromatic heterocycles. The van der Waals surface area contributed by atoms with Gasteiger partial charge in [0.05, 0.1) is 11.8 Å². The molecule has 0 amide bonds. The number of para-hydroxylation sites is 1. The van der Waals surface area contributed by atoms with Gasteiger partial charge in [0, 0.05) is 19.2 Å². The third-order valence-corrected chi connectivity index (χ3v) is 5.60. The fourth-order valence-corrected chi connectivity index (χ4v) is 4.26. The quantitative estimate of drug-likeness (QED) is 0.779. The van der Waals surface area contributed by atoms with Crippen LogP contribution < -0.4 is 4.90 Å². The minimum absolute atomic E-state index is 0.122. The Kier molecular flexibility index (Phi) is 5.02. The second-order valence-corrected chi connectivity index (χ2v) is 7.25. The average molecular weight is 339 g/mol. The molecule has 0 saturated carbocycles. The van der Waals surface area contributed by atoms with Crippen LogP contribution in [0.3, 0.4) is 0 Å². The molecule has 1 fully saturated rings. The topological polar surface area (TPSA) is 12.5 Å². The first-order valence-electron chi connectivity index (χ1n) is 9.51. The zero-order chi connectivity index (χ0) is 17.1. The van der Waals surface area contributed by atoms with Crippen molar-refractivity contribution in [2.75, 3.05) is 18.1 Å². The van der Waals surface area contributed by atoms with Crippen molar-refractivity contribution in [1.82, 2.24) is 0 Å². The highest BCUT2D eigenvalue weighted by atomic mass is 19.1. The SMILES string of the molecule is Fc1ccccc1N(CCC1CCCCO1)C1Cc2ccccc2C1. The molecule has 25 heavy (non-hydrogen) atoms. The van der Waals surface area contributed by atoms with Gasteiger partial charge in [-0.2, -0.15) is 0 Å². The number of hydrogen-bond acceptors (Lipinski definition) is 2. The van der Waals surface area contributed by atoms with Crippen molar-refractivity contribution < 1.29 is 9.13 Å². The largest absolute Gasteiger partial charge is 0.378 e. The summed E-state index contributed by atoms with van der Waals surface area (Å²) in [5, 5.41) is 0. The third kappa shape index (κ3) is 3.72. The van der Waals surface area contributed by atoms with Gasteiger partial charge in [0.1, 0.15) is 5.82 Å². The van der Waals surface area contributed by atoms with Crippen molar-refractivity contribution in [2.24, 2.45) is 0 Å². The average Bonchev–Trinajstić information content (AvgIpc) is 3.08. The van der Waals surface area contributed by atoms with Gasteiger partial charge in [0.15, 0.2) is 0 Å². The molecule has 0 N–H and O–H groups in total. The first-order valence-corrected chi connectivity index (χ1v) is 9.51. The molecule has 1 aliphatic heterocycles. The molecule has 1 heterocycles. The van der Waals surface area contributed by atoms with Crippen LogP contribution in [-0.4, -0.2) is 25.3 Å². The molecule has 2 aliphatic rings. The van der Waals surface area contributed by atoms with Gasteiger partial charge in [-0.25, -0.2) is 4.39 Å². The molecular weight excluding hydrogens is 313 g/mol. The van der Waals surface area contributed by atoms with Gasteiger partial charge in [-0.1, -0.05) is 36.4 Å². The van der Waals surface area contributed by atoms with Crippen molar-refractivity contribution in [1.29, 1.82) is 0 Å². The summed E-state index contributed by atoms with van der Waals surface area (Å²) in [6.45, 7) is 1.73. The van der Waals surface area contributed by atoms with Gasteiger partial charge >= 0.3 is 0 Å². The maximum absolute atomic E-state index is 14.5. The van der Waals surface area contributed by atoms with Gasteiger partial charge in [0.2, 0.25) is 0 Å². The van der Waals surface area contributed by atoms with E-state index in [0.29, 0.717) is 12.1 Å². The first-order chi connectivity index (χ1) is 12.3. The Hall–Kier alpha value is -1.87. The van der Waals surface area contributed by atoms with E-state index >= 15 is 0 Å². The van der Waals surface area contributed by atoms with Crippen molar-refractivity contribution in [2.45, 2.75) is 50.7 Å². The summed E-state index contributed by atoms with van der Waals surface area (Å²) >= 11 is 0. The fourth-order valence-electron chi connectivity index (χ4n) is 4.26. The second kappa shape index (κ2) is 7.57. The Bertz CT molecular complexity index is 686. The van der Waals surface area contributed by atoms with Crippen molar-refractivity contribution in [3.63, 3.8) is 0 Å². The molecule has 1 saturated heterocycles. The molecule has 2 nitrogen and oxygen atoms in total. The lowest BCUT2D eigenvalue weighted by atomic mass is 10.0. The number of fused-ring (bicyclic) bond motifs is 1. The summed E-state index contributed by atoms with van der Waals surface area (Å²) in [6, 6.07) is 16.1. The number of hydrogen-bond donors (Lipinski definition) is 0. The van der Waals surface area contributed by atoms with Crippen LogP contribution in [0.1, 0.15) is 36.8 Å². The summed E-state index contributed by atoms with van der Waals surface area (Å²) in [4.78, 5) is 2.29. The van der Waals surface area contributed by atoms with E-state index in [0.717, 1.165) is 44.5 Å². The van der Waals surface area contributed by atoms with Crippen LogP contribution in [0, 0.1) is 5.82 Å². The minimum Gasteiger partial charge on any atom is -0.378 e. The minimum atomic E-state index is -0.122.